The molecule has 0 atom stereocenters. The monoisotopic (exact) mass is 976 g/mol. The molecule has 0 radical (unpaired) electrons. The highest BCUT2D eigenvalue weighted by molar-refractivity contribution is 5.77. The van der Waals surface area contributed by atoms with Crippen LogP contribution in [0.1, 0.15) is 255 Å². The second-order valence-corrected chi connectivity index (χ2v) is 21.3. The van der Waals surface area contributed by atoms with Crippen LogP contribution in [0, 0.1) is 0 Å². The van der Waals surface area contributed by atoms with Crippen molar-refractivity contribution in [3.63, 3.8) is 0 Å². The van der Waals surface area contributed by atoms with E-state index in [1.165, 1.54) is 228 Å². The summed E-state index contributed by atoms with van der Waals surface area (Å²) in [5.74, 6) is 3.45. The molecule has 0 bridgehead atoms. The van der Waals surface area contributed by atoms with Gasteiger partial charge in [0.25, 0.3) is 0 Å². The first kappa shape index (κ1) is 58.4. The molecule has 0 N–H and O–H groups in total. The fraction of sp³-hybridized carbons (Fsp3) is 0.597. The van der Waals surface area contributed by atoms with Crippen molar-refractivity contribution in [3.8, 4) is 0 Å². The van der Waals surface area contributed by atoms with E-state index < -0.39 is 0 Å². The Morgan fingerprint density at radius 1 is 0.264 bits per heavy atom. The predicted molar refractivity (Wildman–Crippen MR) is 314 cm³/mol. The van der Waals surface area contributed by atoms with Gasteiger partial charge in [-0.05, 0) is 122 Å². The number of benzene rings is 2. The zero-order chi connectivity index (χ0) is 50.5. The van der Waals surface area contributed by atoms with Gasteiger partial charge in [0, 0.05) is 23.8 Å². The van der Waals surface area contributed by atoms with Crippen LogP contribution in [-0.4, -0.2) is 15.0 Å². The number of pyridine rings is 3. The van der Waals surface area contributed by atoms with Crippen LogP contribution in [0.5, 0.6) is 0 Å². The van der Waals surface area contributed by atoms with E-state index in [2.05, 4.69) is 141 Å². The third-order valence-corrected chi connectivity index (χ3v) is 14.9. The highest BCUT2D eigenvalue weighted by Crippen LogP contribution is 2.37. The van der Waals surface area contributed by atoms with Gasteiger partial charge in [0.15, 0.2) is 0 Å². The number of hydrogen-bond acceptors (Lipinski definition) is 5. The van der Waals surface area contributed by atoms with Crippen molar-refractivity contribution >= 4 is 34.6 Å². The number of nitrogens with zero attached hydrogens (tertiary/aromatic N) is 5. The molecule has 0 spiro atoms. The average Bonchev–Trinajstić information content (AvgIpc) is 3.41. The molecule has 0 unspecified atom stereocenters. The number of aromatic nitrogens is 3. The molecule has 3 aromatic heterocycles. The molecule has 5 aromatic rings. The first-order chi connectivity index (χ1) is 35.6. The Bertz CT molecular complexity index is 1790. The topological polar surface area (TPSA) is 45.2 Å². The van der Waals surface area contributed by atoms with E-state index >= 15 is 0 Å². The highest BCUT2D eigenvalue weighted by Gasteiger charge is 2.20. The van der Waals surface area contributed by atoms with Crippen molar-refractivity contribution in [1.82, 2.24) is 15.0 Å². The van der Waals surface area contributed by atoms with Crippen LogP contribution >= 0.6 is 0 Å². The predicted octanol–water partition coefficient (Wildman–Crippen LogP) is 21.5. The Labute approximate surface area is 441 Å². The van der Waals surface area contributed by atoms with E-state index in [1.54, 1.807) is 0 Å². The van der Waals surface area contributed by atoms with E-state index in [-0.39, 0.29) is 0 Å². The Morgan fingerprint density at radius 3 is 0.806 bits per heavy atom. The summed E-state index contributed by atoms with van der Waals surface area (Å²) in [6.45, 7) is 9.19. The lowest BCUT2D eigenvalue weighted by molar-refractivity contribution is 0.575. The highest BCUT2D eigenvalue weighted by atomic mass is 15.3. The van der Waals surface area contributed by atoms with Crippen LogP contribution in [0.2, 0.25) is 0 Å². The molecule has 5 nitrogen and oxygen atoms in total. The Kier molecular flexibility index (Phi) is 30.2. The van der Waals surface area contributed by atoms with E-state index in [9.17, 15) is 0 Å². The van der Waals surface area contributed by atoms with Crippen LogP contribution in [0.3, 0.4) is 0 Å². The molecule has 2 aromatic carbocycles. The van der Waals surface area contributed by atoms with Crippen molar-refractivity contribution < 1.29 is 0 Å². The van der Waals surface area contributed by atoms with E-state index in [1.807, 2.05) is 0 Å². The summed E-state index contributed by atoms with van der Waals surface area (Å²) >= 11 is 0. The van der Waals surface area contributed by atoms with Crippen molar-refractivity contribution in [1.29, 1.82) is 0 Å². The summed E-state index contributed by atoms with van der Waals surface area (Å²) in [6.07, 6.45) is 51.3. The van der Waals surface area contributed by atoms with Gasteiger partial charge in [0.2, 0.25) is 0 Å². The SMILES string of the molecule is CCCCCCCCCCc1ccc(N(c2ccc(CCCCCCCCCC)cn2)c2cccc(N(c3ccc(CCCCCCCCCC)cc3)c3ccc(CCCCCCCCCC)cn3)n2)cc1. The summed E-state index contributed by atoms with van der Waals surface area (Å²) in [4.78, 5) is 20.4. The minimum atomic E-state index is 0.842. The molecule has 0 aliphatic carbocycles. The van der Waals surface area contributed by atoms with Gasteiger partial charge >= 0.3 is 0 Å². The van der Waals surface area contributed by atoms with Gasteiger partial charge in [-0.3, -0.25) is 9.80 Å². The Hall–Kier alpha value is -4.51. The summed E-state index contributed by atoms with van der Waals surface area (Å²) in [5, 5.41) is 0. The molecule has 3 heterocycles. The molecule has 0 amide bonds. The molecule has 0 saturated carbocycles. The number of hydrogen-bond donors (Lipinski definition) is 0. The van der Waals surface area contributed by atoms with Crippen molar-refractivity contribution in [2.75, 3.05) is 9.80 Å². The van der Waals surface area contributed by atoms with Gasteiger partial charge in [-0.1, -0.05) is 250 Å². The lowest BCUT2D eigenvalue weighted by Gasteiger charge is -2.27. The van der Waals surface area contributed by atoms with Crippen LogP contribution in [0.25, 0.3) is 0 Å². The maximum Gasteiger partial charge on any atom is 0.141 e. The van der Waals surface area contributed by atoms with Gasteiger partial charge in [0.05, 0.1) is 0 Å². The molecule has 5 heteroatoms. The standard InChI is InChI=1S/C67H101N5/c1-5-9-13-17-21-25-29-33-38-58-44-50-62(51-45-58)71(64-54-48-60(56-68-64)40-35-31-27-23-19-15-11-7-3)66-42-37-43-67(70-66)72(63-52-46-59(47-53-63)39-34-30-26-22-18-14-10-6-2)65-55-49-61(57-69-65)41-36-32-28-24-20-16-12-8-4/h37,42-57H,5-36,38-41H2,1-4H3. The first-order valence-electron chi connectivity index (χ1n) is 30.3. The van der Waals surface area contributed by atoms with Crippen LogP contribution in [-0.2, 0) is 25.7 Å². The van der Waals surface area contributed by atoms with Crippen molar-refractivity contribution in [2.24, 2.45) is 0 Å². The van der Waals surface area contributed by atoms with Gasteiger partial charge in [-0.15, -0.1) is 0 Å². The second-order valence-electron chi connectivity index (χ2n) is 21.3. The maximum absolute atomic E-state index is 5.53. The normalized spacial score (nSPS) is 11.4. The fourth-order valence-electron chi connectivity index (χ4n) is 10.3. The largest absolute Gasteiger partial charge is 0.279 e. The molecule has 394 valence electrons. The Balaban J connectivity index is 1.37. The first-order valence-corrected chi connectivity index (χ1v) is 30.3. The van der Waals surface area contributed by atoms with Crippen LogP contribution in [0.4, 0.5) is 34.6 Å². The van der Waals surface area contributed by atoms with Crippen LogP contribution < -0.4 is 9.80 Å². The van der Waals surface area contributed by atoms with Crippen molar-refractivity contribution in [3.05, 3.63) is 126 Å². The molecule has 0 fully saturated rings. The summed E-state index contributed by atoms with van der Waals surface area (Å²) in [7, 11) is 0. The lowest BCUT2D eigenvalue weighted by Crippen LogP contribution is -2.17. The smallest absolute Gasteiger partial charge is 0.141 e. The molecule has 72 heavy (non-hydrogen) atoms. The summed E-state index contributed by atoms with van der Waals surface area (Å²) in [6, 6.07) is 33.8. The minimum Gasteiger partial charge on any atom is -0.279 e. The quantitative estimate of drug-likeness (QED) is 0.0365. The van der Waals surface area contributed by atoms with Gasteiger partial charge < -0.3 is 0 Å². The Morgan fingerprint density at radius 2 is 0.528 bits per heavy atom. The third-order valence-electron chi connectivity index (χ3n) is 14.9. The zero-order valence-electron chi connectivity index (χ0n) is 46.5. The average molecular weight is 977 g/mol. The number of anilines is 6. The van der Waals surface area contributed by atoms with E-state index in [0.29, 0.717) is 0 Å². The summed E-state index contributed by atoms with van der Waals surface area (Å²) in [5.41, 5.74) is 7.55. The lowest BCUT2D eigenvalue weighted by atomic mass is 10.0. The molecule has 0 aliphatic heterocycles. The van der Waals surface area contributed by atoms with E-state index in [4.69, 9.17) is 15.0 Å². The molecule has 0 aliphatic rings. The molecule has 0 saturated heterocycles. The van der Waals surface area contributed by atoms with Crippen LogP contribution in [0.15, 0.2) is 103 Å². The minimum absolute atomic E-state index is 0.842. The van der Waals surface area contributed by atoms with Gasteiger partial charge in [0.1, 0.15) is 23.3 Å². The number of unbranched alkanes of at least 4 members (excludes halogenated alkanes) is 28. The van der Waals surface area contributed by atoms with Gasteiger partial charge in [-0.25, -0.2) is 15.0 Å². The van der Waals surface area contributed by atoms with E-state index in [0.717, 1.165) is 60.3 Å². The van der Waals surface area contributed by atoms with Gasteiger partial charge in [-0.2, -0.15) is 0 Å². The maximum atomic E-state index is 5.53. The number of rotatable bonds is 42. The molecule has 5 rings (SSSR count). The third kappa shape index (κ3) is 22.7. The number of aryl methyl sites for hydroxylation is 4. The van der Waals surface area contributed by atoms with Crippen molar-refractivity contribution in [2.45, 2.75) is 259 Å². The molecular formula is C67H101N5. The second kappa shape index (κ2) is 37.3. The zero-order valence-corrected chi connectivity index (χ0v) is 46.5. The summed E-state index contributed by atoms with van der Waals surface area (Å²) < 4.78 is 0. The molecular weight excluding hydrogens is 875 g/mol. The fourth-order valence-corrected chi connectivity index (χ4v) is 10.3.